The summed E-state index contributed by atoms with van der Waals surface area (Å²) in [4.78, 5) is 24.0. The summed E-state index contributed by atoms with van der Waals surface area (Å²) in [6, 6.07) is 27.3. The number of rotatable bonds is 11. The summed E-state index contributed by atoms with van der Waals surface area (Å²) in [6.45, 7) is -0.199. The number of esters is 1. The van der Waals surface area contributed by atoms with E-state index < -0.39 is 5.97 Å². The molecule has 0 heterocycles. The van der Waals surface area contributed by atoms with Gasteiger partial charge in [-0.05, 0) is 29.7 Å². The van der Waals surface area contributed by atoms with E-state index in [0.29, 0.717) is 18.0 Å². The molecule has 0 aliphatic carbocycles. The first-order valence-corrected chi connectivity index (χ1v) is 10.5. The maximum Gasteiger partial charge on any atom is 0.344 e. The second-order valence-corrected chi connectivity index (χ2v) is 7.11. The van der Waals surface area contributed by atoms with Gasteiger partial charge in [-0.1, -0.05) is 72.8 Å². The Morgan fingerprint density at radius 2 is 1.34 bits per heavy atom. The van der Waals surface area contributed by atoms with Crippen LogP contribution in [0, 0.1) is 0 Å². The molecule has 0 spiro atoms. The number of hydrogen-bond acceptors (Lipinski definition) is 5. The van der Waals surface area contributed by atoms with Crippen LogP contribution in [0.15, 0.2) is 84.9 Å². The van der Waals surface area contributed by atoms with Gasteiger partial charge in [0.25, 0.3) is 5.91 Å². The molecular weight excluding hydrogens is 406 g/mol. The lowest BCUT2D eigenvalue weighted by molar-refractivity contribution is -0.150. The highest BCUT2D eigenvalue weighted by atomic mass is 16.6. The quantitative estimate of drug-likeness (QED) is 0.464. The molecule has 0 saturated heterocycles. The van der Waals surface area contributed by atoms with Gasteiger partial charge in [-0.2, -0.15) is 0 Å². The first-order valence-electron chi connectivity index (χ1n) is 10.5. The smallest absolute Gasteiger partial charge is 0.344 e. The fraction of sp³-hybridized carbons (Fsp3) is 0.231. The number of nitrogens with one attached hydrogen (secondary N) is 1. The number of carbonyl (C=O) groups is 2. The molecule has 3 rings (SSSR count). The van der Waals surface area contributed by atoms with Crippen LogP contribution in [-0.4, -0.2) is 38.7 Å². The average Bonchev–Trinajstić information content (AvgIpc) is 2.85. The van der Waals surface area contributed by atoms with Crippen LogP contribution in [0.25, 0.3) is 0 Å². The van der Waals surface area contributed by atoms with Crippen molar-refractivity contribution >= 4 is 11.9 Å². The minimum atomic E-state index is -0.627. The summed E-state index contributed by atoms with van der Waals surface area (Å²) in [6.07, 6.45) is 0.727. The lowest BCUT2D eigenvalue weighted by atomic mass is 9.88. The third-order valence-electron chi connectivity index (χ3n) is 4.94. The molecule has 3 aromatic carbocycles. The van der Waals surface area contributed by atoms with Crippen molar-refractivity contribution < 1.29 is 23.8 Å². The molecule has 0 radical (unpaired) electrons. The Morgan fingerprint density at radius 3 is 1.94 bits per heavy atom. The number of para-hydroxylation sites is 2. The second kappa shape index (κ2) is 12.2. The van der Waals surface area contributed by atoms with Gasteiger partial charge in [0, 0.05) is 12.5 Å². The van der Waals surface area contributed by atoms with E-state index >= 15 is 0 Å². The lowest BCUT2D eigenvalue weighted by Gasteiger charge is -2.18. The highest BCUT2D eigenvalue weighted by molar-refractivity contribution is 5.80. The van der Waals surface area contributed by atoms with Gasteiger partial charge < -0.3 is 19.5 Å². The minimum absolute atomic E-state index is 0.162. The highest BCUT2D eigenvalue weighted by Gasteiger charge is 2.15. The Bertz CT molecular complexity index is 952. The van der Waals surface area contributed by atoms with E-state index in [0.717, 1.165) is 6.42 Å². The third-order valence-corrected chi connectivity index (χ3v) is 4.94. The van der Waals surface area contributed by atoms with Crippen LogP contribution in [0.1, 0.15) is 23.5 Å². The molecule has 6 nitrogen and oxygen atoms in total. The number of ether oxygens (including phenoxy) is 3. The van der Waals surface area contributed by atoms with E-state index in [-0.39, 0.29) is 25.0 Å². The van der Waals surface area contributed by atoms with Crippen LogP contribution in [-0.2, 0) is 14.3 Å². The van der Waals surface area contributed by atoms with Crippen LogP contribution in [0.3, 0.4) is 0 Å². The Morgan fingerprint density at radius 1 is 0.781 bits per heavy atom. The summed E-state index contributed by atoms with van der Waals surface area (Å²) >= 11 is 0. The van der Waals surface area contributed by atoms with Crippen LogP contribution in [0.5, 0.6) is 11.5 Å². The van der Waals surface area contributed by atoms with E-state index in [4.69, 9.17) is 14.2 Å². The van der Waals surface area contributed by atoms with Crippen LogP contribution in [0.2, 0.25) is 0 Å². The molecule has 0 saturated carbocycles. The fourth-order valence-corrected chi connectivity index (χ4v) is 3.37. The average molecular weight is 434 g/mol. The Kier molecular flexibility index (Phi) is 8.69. The number of methoxy groups -OCH3 is 1. The van der Waals surface area contributed by atoms with Crippen LogP contribution in [0.4, 0.5) is 0 Å². The van der Waals surface area contributed by atoms with E-state index in [1.165, 1.54) is 18.2 Å². The summed E-state index contributed by atoms with van der Waals surface area (Å²) in [5.74, 6) is 0.135. The van der Waals surface area contributed by atoms with E-state index in [9.17, 15) is 9.59 Å². The zero-order valence-electron chi connectivity index (χ0n) is 18.0. The van der Waals surface area contributed by atoms with Crippen LogP contribution >= 0.6 is 0 Å². The number of amides is 1. The SMILES string of the molecule is COc1ccccc1OCC(=O)OCC(=O)NCCC(c1ccccc1)c1ccccc1. The standard InChI is InChI=1S/C26H27NO5/c1-30-23-14-8-9-15-24(23)31-19-26(29)32-18-25(28)27-17-16-22(20-10-4-2-5-11-20)21-12-6-3-7-13-21/h2-15,22H,16-19H2,1H3,(H,27,28). The summed E-state index contributed by atoms with van der Waals surface area (Å²) < 4.78 is 15.6. The molecule has 0 atom stereocenters. The van der Waals surface area contributed by atoms with Crippen molar-refractivity contribution in [1.29, 1.82) is 0 Å². The van der Waals surface area contributed by atoms with Gasteiger partial charge >= 0.3 is 5.97 Å². The maximum atomic E-state index is 12.1. The van der Waals surface area contributed by atoms with Crippen molar-refractivity contribution in [3.63, 3.8) is 0 Å². The minimum Gasteiger partial charge on any atom is -0.493 e. The normalized spacial score (nSPS) is 10.4. The first-order chi connectivity index (χ1) is 15.7. The van der Waals surface area contributed by atoms with Crippen molar-refractivity contribution in [3.8, 4) is 11.5 Å². The van der Waals surface area contributed by atoms with Crippen molar-refractivity contribution in [2.75, 3.05) is 26.9 Å². The lowest BCUT2D eigenvalue weighted by Crippen LogP contribution is -2.31. The van der Waals surface area contributed by atoms with Crippen LogP contribution < -0.4 is 14.8 Å². The zero-order chi connectivity index (χ0) is 22.6. The molecule has 1 amide bonds. The van der Waals surface area contributed by atoms with Gasteiger partial charge in [0.1, 0.15) is 0 Å². The number of benzene rings is 3. The molecule has 0 aliphatic heterocycles. The van der Waals surface area contributed by atoms with E-state index in [1.54, 1.807) is 24.3 Å². The van der Waals surface area contributed by atoms with Crippen molar-refractivity contribution in [1.82, 2.24) is 5.32 Å². The van der Waals surface area contributed by atoms with Crippen molar-refractivity contribution in [2.45, 2.75) is 12.3 Å². The van der Waals surface area contributed by atoms with Crippen molar-refractivity contribution in [3.05, 3.63) is 96.1 Å². The molecule has 0 aliphatic rings. The molecule has 0 bridgehead atoms. The molecule has 6 heteroatoms. The van der Waals surface area contributed by atoms with Gasteiger partial charge in [-0.3, -0.25) is 4.79 Å². The van der Waals surface area contributed by atoms with Gasteiger partial charge in [0.05, 0.1) is 7.11 Å². The summed E-state index contributed by atoms with van der Waals surface area (Å²) in [7, 11) is 1.52. The molecule has 32 heavy (non-hydrogen) atoms. The van der Waals surface area contributed by atoms with E-state index in [2.05, 4.69) is 29.6 Å². The molecule has 3 aromatic rings. The summed E-state index contributed by atoms with van der Waals surface area (Å²) in [5, 5.41) is 2.82. The summed E-state index contributed by atoms with van der Waals surface area (Å²) in [5.41, 5.74) is 2.38. The molecule has 0 aromatic heterocycles. The number of hydrogen-bond donors (Lipinski definition) is 1. The highest BCUT2D eigenvalue weighted by Crippen LogP contribution is 2.27. The molecule has 0 unspecified atom stereocenters. The molecule has 1 N–H and O–H groups in total. The van der Waals surface area contributed by atoms with E-state index in [1.807, 2.05) is 36.4 Å². The monoisotopic (exact) mass is 433 g/mol. The Balaban J connectivity index is 1.43. The Labute approximate surface area is 188 Å². The van der Waals surface area contributed by atoms with Gasteiger partial charge in [-0.15, -0.1) is 0 Å². The molecule has 0 fully saturated rings. The largest absolute Gasteiger partial charge is 0.493 e. The van der Waals surface area contributed by atoms with Gasteiger partial charge in [0.2, 0.25) is 0 Å². The predicted octanol–water partition coefficient (Wildman–Crippen LogP) is 3.96. The third kappa shape index (κ3) is 6.87. The van der Waals surface area contributed by atoms with Gasteiger partial charge in [0.15, 0.2) is 24.7 Å². The molecular formula is C26H27NO5. The predicted molar refractivity (Wildman–Crippen MR) is 122 cm³/mol. The maximum absolute atomic E-state index is 12.1. The fourth-order valence-electron chi connectivity index (χ4n) is 3.37. The Hall–Kier alpha value is -3.80. The molecule has 166 valence electrons. The number of carbonyl (C=O) groups excluding carboxylic acids is 2. The first kappa shape index (κ1) is 22.9. The second-order valence-electron chi connectivity index (χ2n) is 7.11. The zero-order valence-corrected chi connectivity index (χ0v) is 18.0. The van der Waals surface area contributed by atoms with Gasteiger partial charge in [-0.25, -0.2) is 4.79 Å². The topological polar surface area (TPSA) is 73.9 Å². The van der Waals surface area contributed by atoms with Crippen molar-refractivity contribution in [2.24, 2.45) is 0 Å².